The van der Waals surface area contributed by atoms with Crippen LogP contribution in [-0.2, 0) is 4.79 Å². The molecule has 0 aromatic rings. The van der Waals surface area contributed by atoms with Crippen LogP contribution in [0.2, 0.25) is 0 Å². The van der Waals surface area contributed by atoms with E-state index in [1.54, 1.807) is 0 Å². The minimum absolute atomic E-state index is 0.0489. The quantitative estimate of drug-likeness (QED) is 0.240. The Morgan fingerprint density at radius 3 is 2.54 bits per heavy atom. The molecule has 3 atom stereocenters. The second-order valence-electron chi connectivity index (χ2n) is 2.89. The van der Waals surface area contributed by atoms with Gasteiger partial charge < -0.3 is 15.3 Å². The predicted molar refractivity (Wildman–Crippen MR) is 40.6 cm³/mol. The van der Waals surface area contributed by atoms with E-state index in [1.165, 1.54) is 5.48 Å². The zero-order valence-electron chi connectivity index (χ0n) is 6.71. The third-order valence-electron chi connectivity index (χ3n) is 1.94. The molecule has 0 spiro atoms. The van der Waals surface area contributed by atoms with Crippen molar-refractivity contribution in [1.29, 1.82) is 0 Å². The molecule has 0 saturated heterocycles. The van der Waals surface area contributed by atoms with Crippen molar-refractivity contribution in [1.82, 2.24) is 5.48 Å². The summed E-state index contributed by atoms with van der Waals surface area (Å²) in [5.41, 5.74) is 1.43. The van der Waals surface area contributed by atoms with Gasteiger partial charge in [0.05, 0.1) is 6.10 Å². The predicted octanol–water partition coefficient (Wildman–Crippen LogP) is -2.10. The summed E-state index contributed by atoms with van der Waals surface area (Å²) >= 11 is 0. The first kappa shape index (κ1) is 10.1. The Morgan fingerprint density at radius 1 is 1.46 bits per heavy atom. The van der Waals surface area contributed by atoms with E-state index in [2.05, 4.69) is 0 Å². The minimum atomic E-state index is -1.28. The lowest BCUT2D eigenvalue weighted by atomic mass is 9.92. The van der Waals surface area contributed by atoms with Gasteiger partial charge in [-0.2, -0.15) is 0 Å². The van der Waals surface area contributed by atoms with E-state index in [9.17, 15) is 4.79 Å². The highest BCUT2D eigenvalue weighted by atomic mass is 16.5. The monoisotopic (exact) mass is 189 g/mol. The standard InChI is InChI=1S/C7H11NO5/c9-4-1-3(7(12)8-13)2-5(10)6(4)11/h1,4-6,9-11,13H,2H2,(H,8,12)/t4-,5?,6-/m1/s1. The summed E-state index contributed by atoms with van der Waals surface area (Å²) in [7, 11) is 0. The van der Waals surface area contributed by atoms with E-state index < -0.39 is 24.2 Å². The van der Waals surface area contributed by atoms with E-state index in [1.807, 2.05) is 0 Å². The van der Waals surface area contributed by atoms with Crippen LogP contribution in [0.25, 0.3) is 0 Å². The highest BCUT2D eigenvalue weighted by Crippen LogP contribution is 2.19. The van der Waals surface area contributed by atoms with E-state index in [-0.39, 0.29) is 12.0 Å². The Bertz CT molecular complexity index is 239. The number of rotatable bonds is 1. The number of hydrogen-bond donors (Lipinski definition) is 5. The van der Waals surface area contributed by atoms with Gasteiger partial charge in [-0.3, -0.25) is 10.0 Å². The second-order valence-corrected chi connectivity index (χ2v) is 2.89. The van der Waals surface area contributed by atoms with Crippen LogP contribution in [0.3, 0.4) is 0 Å². The van der Waals surface area contributed by atoms with E-state index in [4.69, 9.17) is 20.5 Å². The molecule has 6 heteroatoms. The molecule has 0 aromatic carbocycles. The maximum absolute atomic E-state index is 10.8. The fourth-order valence-electron chi connectivity index (χ4n) is 1.19. The fourth-order valence-corrected chi connectivity index (χ4v) is 1.19. The summed E-state index contributed by atoms with van der Waals surface area (Å²) in [5, 5.41) is 35.6. The average Bonchev–Trinajstić information content (AvgIpc) is 2.12. The third-order valence-corrected chi connectivity index (χ3v) is 1.94. The molecule has 1 aliphatic carbocycles. The molecule has 1 amide bonds. The Labute approximate surface area is 74.1 Å². The zero-order valence-corrected chi connectivity index (χ0v) is 6.71. The van der Waals surface area contributed by atoms with Crippen molar-refractivity contribution < 1.29 is 25.3 Å². The lowest BCUT2D eigenvalue weighted by Crippen LogP contribution is -2.42. The van der Waals surface area contributed by atoms with Gasteiger partial charge in [0.2, 0.25) is 0 Å². The molecule has 1 unspecified atom stereocenters. The molecule has 0 heterocycles. The number of aliphatic hydroxyl groups is 3. The van der Waals surface area contributed by atoms with E-state index in [0.717, 1.165) is 6.08 Å². The maximum atomic E-state index is 10.8. The van der Waals surface area contributed by atoms with Crippen molar-refractivity contribution in [3.8, 4) is 0 Å². The van der Waals surface area contributed by atoms with Crippen molar-refractivity contribution in [2.45, 2.75) is 24.7 Å². The second kappa shape index (κ2) is 3.84. The van der Waals surface area contributed by atoms with Crippen LogP contribution >= 0.6 is 0 Å². The van der Waals surface area contributed by atoms with Crippen molar-refractivity contribution in [2.24, 2.45) is 0 Å². The Morgan fingerprint density at radius 2 is 2.08 bits per heavy atom. The van der Waals surface area contributed by atoms with Crippen LogP contribution in [0.5, 0.6) is 0 Å². The van der Waals surface area contributed by atoms with Gasteiger partial charge in [0.1, 0.15) is 12.2 Å². The van der Waals surface area contributed by atoms with Crippen molar-refractivity contribution >= 4 is 5.91 Å². The van der Waals surface area contributed by atoms with Gasteiger partial charge in [0.15, 0.2) is 0 Å². The van der Waals surface area contributed by atoms with Crippen LogP contribution in [0, 0.1) is 0 Å². The third kappa shape index (κ3) is 2.04. The van der Waals surface area contributed by atoms with Gasteiger partial charge in [-0.25, -0.2) is 5.48 Å². The number of hydrogen-bond acceptors (Lipinski definition) is 5. The number of amides is 1. The molecule has 1 rings (SSSR count). The molecule has 0 saturated carbocycles. The molecule has 0 aliphatic heterocycles. The molecular weight excluding hydrogens is 178 g/mol. The fraction of sp³-hybridized carbons (Fsp3) is 0.571. The van der Waals surface area contributed by atoms with Gasteiger partial charge in [-0.05, 0) is 6.08 Å². The van der Waals surface area contributed by atoms with Crippen LogP contribution < -0.4 is 5.48 Å². The molecular formula is C7H11NO5. The zero-order chi connectivity index (χ0) is 10.0. The van der Waals surface area contributed by atoms with Gasteiger partial charge in [-0.1, -0.05) is 0 Å². The Balaban J connectivity index is 2.78. The summed E-state index contributed by atoms with van der Waals surface area (Å²) in [6, 6.07) is 0. The number of aliphatic hydroxyl groups excluding tert-OH is 3. The highest BCUT2D eigenvalue weighted by molar-refractivity contribution is 5.92. The molecule has 1 aliphatic rings. The minimum Gasteiger partial charge on any atom is -0.390 e. The van der Waals surface area contributed by atoms with Crippen molar-refractivity contribution in [2.75, 3.05) is 0 Å². The largest absolute Gasteiger partial charge is 0.390 e. The topological polar surface area (TPSA) is 110 Å². The highest BCUT2D eigenvalue weighted by Gasteiger charge is 2.31. The summed E-state index contributed by atoms with van der Waals surface area (Å²) < 4.78 is 0. The first-order chi connectivity index (χ1) is 6.06. The smallest absolute Gasteiger partial charge is 0.270 e. The van der Waals surface area contributed by atoms with Gasteiger partial charge >= 0.3 is 0 Å². The first-order valence-electron chi connectivity index (χ1n) is 3.75. The molecule has 0 bridgehead atoms. The van der Waals surface area contributed by atoms with Crippen molar-refractivity contribution in [3.05, 3.63) is 11.6 Å². The van der Waals surface area contributed by atoms with Crippen molar-refractivity contribution in [3.63, 3.8) is 0 Å². The van der Waals surface area contributed by atoms with E-state index in [0.29, 0.717) is 0 Å². The normalized spacial score (nSPS) is 33.8. The molecule has 0 radical (unpaired) electrons. The lowest BCUT2D eigenvalue weighted by Gasteiger charge is -2.26. The summed E-state index contributed by atoms with van der Waals surface area (Å²) in [6.07, 6.45) is -2.74. The maximum Gasteiger partial charge on any atom is 0.270 e. The molecule has 0 aromatic heterocycles. The van der Waals surface area contributed by atoms with Crippen LogP contribution in [0.15, 0.2) is 11.6 Å². The Kier molecular flexibility index (Phi) is 2.99. The first-order valence-corrected chi connectivity index (χ1v) is 3.75. The molecule has 0 fully saturated rings. The molecule has 5 N–H and O–H groups in total. The van der Waals surface area contributed by atoms with Crippen LogP contribution in [0.4, 0.5) is 0 Å². The van der Waals surface area contributed by atoms with Gasteiger partial charge in [-0.15, -0.1) is 0 Å². The Hall–Kier alpha value is -0.950. The number of nitrogens with one attached hydrogen (secondary N) is 1. The van der Waals surface area contributed by atoms with Crippen LogP contribution in [0.1, 0.15) is 6.42 Å². The van der Waals surface area contributed by atoms with Gasteiger partial charge in [0.25, 0.3) is 5.91 Å². The SMILES string of the molecule is O=C(NO)C1=C[C@@H](O)[C@@H](O)C(O)C1. The summed E-state index contributed by atoms with van der Waals surface area (Å²) in [6.45, 7) is 0. The van der Waals surface area contributed by atoms with Crippen LogP contribution in [-0.4, -0.2) is 44.7 Å². The molecule has 6 nitrogen and oxygen atoms in total. The number of carbonyl (C=O) groups is 1. The number of carbonyl (C=O) groups excluding carboxylic acids is 1. The summed E-state index contributed by atoms with van der Waals surface area (Å²) in [5.74, 6) is -0.787. The van der Waals surface area contributed by atoms with E-state index >= 15 is 0 Å². The summed E-state index contributed by atoms with van der Waals surface area (Å²) in [4.78, 5) is 10.8. The van der Waals surface area contributed by atoms with Gasteiger partial charge in [0, 0.05) is 12.0 Å². The average molecular weight is 189 g/mol. The number of hydroxylamine groups is 1. The lowest BCUT2D eigenvalue weighted by molar-refractivity contribution is -0.126. The molecule has 74 valence electrons. The molecule has 13 heavy (non-hydrogen) atoms.